The zero-order valence-electron chi connectivity index (χ0n) is 12.2. The largest absolute Gasteiger partial charge is 0.511 e. The van der Waals surface area contributed by atoms with Crippen LogP contribution in [-0.2, 0) is 11.3 Å². The molecule has 0 unspecified atom stereocenters. The maximum absolute atomic E-state index is 12.6. The van der Waals surface area contributed by atoms with Gasteiger partial charge in [0.25, 0.3) is 5.91 Å². The fraction of sp³-hybridized carbons (Fsp3) is 0.118. The molecule has 3 heterocycles. The first-order valence-electron chi connectivity index (χ1n) is 7.34. The number of aliphatic hydroxyl groups excluding tert-OH is 1. The molecule has 2 N–H and O–H groups in total. The molecule has 0 radical (unpaired) electrons. The van der Waals surface area contributed by atoms with Crippen LogP contribution in [0.25, 0.3) is 16.6 Å². The summed E-state index contributed by atoms with van der Waals surface area (Å²) in [5, 5.41) is 12.9. The predicted octanol–water partition coefficient (Wildman–Crippen LogP) is 2.74. The summed E-state index contributed by atoms with van der Waals surface area (Å²) < 4.78 is 1.96. The van der Waals surface area contributed by atoms with E-state index >= 15 is 0 Å². The molecule has 114 valence electrons. The number of hydrogen-bond donors (Lipinski definition) is 2. The lowest BCUT2D eigenvalue weighted by Crippen LogP contribution is -2.22. The number of allylic oxidation sites excluding steroid dienone is 1. The summed E-state index contributed by atoms with van der Waals surface area (Å²) in [5.74, 6) is 0.577. The van der Waals surface area contributed by atoms with Gasteiger partial charge in [-0.25, -0.2) is 9.97 Å². The maximum Gasteiger partial charge on any atom is 0.264 e. The number of carbonyl (C=O) groups is 1. The van der Waals surface area contributed by atoms with Gasteiger partial charge in [0.15, 0.2) is 0 Å². The Hall–Kier alpha value is -3.15. The van der Waals surface area contributed by atoms with Gasteiger partial charge in [0.05, 0.1) is 11.0 Å². The van der Waals surface area contributed by atoms with Crippen LogP contribution < -0.4 is 5.32 Å². The Labute approximate surface area is 132 Å². The zero-order chi connectivity index (χ0) is 15.8. The number of amides is 1. The molecule has 0 bridgehead atoms. The van der Waals surface area contributed by atoms with Crippen LogP contribution >= 0.6 is 0 Å². The van der Waals surface area contributed by atoms with Crippen molar-refractivity contribution < 1.29 is 9.90 Å². The lowest BCUT2D eigenvalue weighted by molar-refractivity contribution is -0.111. The molecule has 6 nitrogen and oxygen atoms in total. The molecule has 0 fully saturated rings. The molecule has 1 amide bonds. The molecular weight excluding hydrogens is 292 g/mol. The second-order valence-electron chi connectivity index (χ2n) is 5.32. The maximum atomic E-state index is 12.6. The number of anilines is 1. The highest BCUT2D eigenvalue weighted by atomic mass is 16.3. The van der Waals surface area contributed by atoms with Crippen molar-refractivity contribution in [3.63, 3.8) is 0 Å². The van der Waals surface area contributed by atoms with E-state index in [0.29, 0.717) is 24.6 Å². The number of aromatic nitrogens is 3. The van der Waals surface area contributed by atoms with Crippen LogP contribution in [-0.4, -0.2) is 25.5 Å². The highest BCUT2D eigenvalue weighted by Gasteiger charge is 2.28. The number of nitrogens with one attached hydrogen (secondary N) is 1. The predicted molar refractivity (Wildman–Crippen MR) is 86.8 cm³/mol. The molecule has 0 spiro atoms. The van der Waals surface area contributed by atoms with Crippen LogP contribution in [0.15, 0.2) is 54.4 Å². The second-order valence-corrected chi connectivity index (χ2v) is 5.32. The fourth-order valence-corrected chi connectivity index (χ4v) is 2.81. The first kappa shape index (κ1) is 13.5. The van der Waals surface area contributed by atoms with Crippen molar-refractivity contribution in [3.8, 4) is 0 Å². The molecule has 4 rings (SSSR count). The summed E-state index contributed by atoms with van der Waals surface area (Å²) >= 11 is 0. The average molecular weight is 306 g/mol. The topological polar surface area (TPSA) is 80.0 Å². The number of aryl methyl sites for hydroxylation is 1. The van der Waals surface area contributed by atoms with Crippen LogP contribution in [0.3, 0.4) is 0 Å². The summed E-state index contributed by atoms with van der Waals surface area (Å²) in [4.78, 5) is 21.2. The van der Waals surface area contributed by atoms with Gasteiger partial charge in [0.1, 0.15) is 23.0 Å². The van der Waals surface area contributed by atoms with Gasteiger partial charge in [0.2, 0.25) is 0 Å². The number of imidazole rings is 1. The van der Waals surface area contributed by atoms with Crippen molar-refractivity contribution in [1.82, 2.24) is 14.5 Å². The van der Waals surface area contributed by atoms with Crippen molar-refractivity contribution >= 4 is 28.3 Å². The molecule has 0 atom stereocenters. The van der Waals surface area contributed by atoms with E-state index in [1.807, 2.05) is 28.8 Å². The van der Waals surface area contributed by atoms with Crippen LogP contribution in [0, 0.1) is 0 Å². The standard InChI is InChI=1S/C17H14N4O2/c22-13-8-10-21-12-6-2-1-5-11(12)19-16(21)15(13)17(23)20-14-7-3-4-9-18-14/h1-7,9,22H,8,10H2,(H,18,20,23). The molecule has 0 saturated carbocycles. The summed E-state index contributed by atoms with van der Waals surface area (Å²) in [6.07, 6.45) is 2.00. The van der Waals surface area contributed by atoms with E-state index in [4.69, 9.17) is 0 Å². The highest BCUT2D eigenvalue weighted by molar-refractivity contribution is 6.25. The zero-order valence-corrected chi connectivity index (χ0v) is 12.2. The lowest BCUT2D eigenvalue weighted by atomic mass is 10.1. The Morgan fingerprint density at radius 2 is 2.00 bits per heavy atom. The molecule has 0 aliphatic carbocycles. The summed E-state index contributed by atoms with van der Waals surface area (Å²) in [7, 11) is 0. The van der Waals surface area contributed by atoms with Gasteiger partial charge in [-0.05, 0) is 24.3 Å². The van der Waals surface area contributed by atoms with E-state index in [1.54, 1.807) is 24.4 Å². The number of fused-ring (bicyclic) bond motifs is 3. The van der Waals surface area contributed by atoms with E-state index in [9.17, 15) is 9.90 Å². The lowest BCUT2D eigenvalue weighted by Gasteiger charge is -2.18. The molecule has 3 aromatic rings. The monoisotopic (exact) mass is 306 g/mol. The van der Waals surface area contributed by atoms with Crippen molar-refractivity contribution in [3.05, 3.63) is 60.2 Å². The Morgan fingerprint density at radius 3 is 2.83 bits per heavy atom. The Balaban J connectivity index is 1.78. The van der Waals surface area contributed by atoms with Gasteiger partial charge in [0, 0.05) is 19.2 Å². The molecule has 2 aromatic heterocycles. The van der Waals surface area contributed by atoms with E-state index < -0.39 is 5.91 Å². The van der Waals surface area contributed by atoms with Crippen molar-refractivity contribution in [2.75, 3.05) is 5.32 Å². The molecule has 0 saturated heterocycles. The summed E-state index contributed by atoms with van der Waals surface area (Å²) in [6, 6.07) is 12.9. The molecule has 23 heavy (non-hydrogen) atoms. The van der Waals surface area contributed by atoms with E-state index in [1.165, 1.54) is 0 Å². The third-order valence-electron chi connectivity index (χ3n) is 3.87. The number of para-hydroxylation sites is 2. The second kappa shape index (κ2) is 5.24. The summed E-state index contributed by atoms with van der Waals surface area (Å²) in [6.45, 7) is 0.599. The Kier molecular flexibility index (Phi) is 3.08. The number of aliphatic hydroxyl groups is 1. The van der Waals surface area contributed by atoms with E-state index in [-0.39, 0.29) is 11.3 Å². The average Bonchev–Trinajstić information content (AvgIpc) is 2.93. The SMILES string of the molecule is O=C(Nc1ccccn1)C1=C(O)CCn2c1nc1ccccc12. The molecular formula is C17H14N4O2. The van der Waals surface area contributed by atoms with Gasteiger partial charge in [-0.15, -0.1) is 0 Å². The number of hydrogen-bond acceptors (Lipinski definition) is 4. The molecule has 1 aliphatic heterocycles. The first-order chi connectivity index (χ1) is 11.2. The van der Waals surface area contributed by atoms with Crippen LogP contribution in [0.5, 0.6) is 0 Å². The number of carbonyl (C=O) groups excluding carboxylic acids is 1. The minimum atomic E-state index is -0.405. The van der Waals surface area contributed by atoms with Gasteiger partial charge in [-0.1, -0.05) is 18.2 Å². The van der Waals surface area contributed by atoms with Gasteiger partial charge in [-0.2, -0.15) is 0 Å². The van der Waals surface area contributed by atoms with Gasteiger partial charge in [-0.3, -0.25) is 4.79 Å². The molecule has 6 heteroatoms. The third kappa shape index (κ3) is 2.24. The van der Waals surface area contributed by atoms with Gasteiger partial charge < -0.3 is 15.0 Å². The van der Waals surface area contributed by atoms with Crippen LogP contribution in [0.4, 0.5) is 5.82 Å². The third-order valence-corrected chi connectivity index (χ3v) is 3.87. The number of benzene rings is 1. The van der Waals surface area contributed by atoms with E-state index in [2.05, 4.69) is 15.3 Å². The Morgan fingerprint density at radius 1 is 1.17 bits per heavy atom. The van der Waals surface area contributed by atoms with Crippen molar-refractivity contribution in [2.24, 2.45) is 0 Å². The number of rotatable bonds is 2. The molecule has 1 aliphatic rings. The summed E-state index contributed by atoms with van der Waals surface area (Å²) in [5.41, 5.74) is 1.97. The minimum Gasteiger partial charge on any atom is -0.511 e. The van der Waals surface area contributed by atoms with Crippen LogP contribution in [0.1, 0.15) is 12.2 Å². The van der Waals surface area contributed by atoms with Gasteiger partial charge >= 0.3 is 0 Å². The smallest absolute Gasteiger partial charge is 0.264 e. The normalized spacial score (nSPS) is 13.9. The fourth-order valence-electron chi connectivity index (χ4n) is 2.81. The number of nitrogens with zero attached hydrogens (tertiary/aromatic N) is 3. The number of pyridine rings is 1. The quantitative estimate of drug-likeness (QED) is 0.763. The van der Waals surface area contributed by atoms with Crippen molar-refractivity contribution in [1.29, 1.82) is 0 Å². The molecule has 1 aromatic carbocycles. The van der Waals surface area contributed by atoms with E-state index in [0.717, 1.165) is 11.0 Å². The highest BCUT2D eigenvalue weighted by Crippen LogP contribution is 2.30. The first-order valence-corrected chi connectivity index (χ1v) is 7.34. The Bertz CT molecular complexity index is 928. The van der Waals surface area contributed by atoms with Crippen LogP contribution in [0.2, 0.25) is 0 Å². The van der Waals surface area contributed by atoms with Crippen molar-refractivity contribution in [2.45, 2.75) is 13.0 Å². The minimum absolute atomic E-state index is 0.0567.